The summed E-state index contributed by atoms with van der Waals surface area (Å²) in [5.74, 6) is -0.320. The van der Waals surface area contributed by atoms with Crippen molar-refractivity contribution in [3.63, 3.8) is 0 Å². The molecule has 0 saturated heterocycles. The zero-order chi connectivity index (χ0) is 36.0. The van der Waals surface area contributed by atoms with Crippen molar-refractivity contribution in [1.29, 1.82) is 0 Å². The zero-order valence-corrected chi connectivity index (χ0v) is 30.2. The first-order chi connectivity index (χ1) is 24.4. The molecule has 0 saturated carbocycles. The normalized spacial score (nSPS) is 16.0. The lowest BCUT2D eigenvalue weighted by Gasteiger charge is -2.36. The molecule has 4 aromatic carbocycles. The molecule has 9 nitrogen and oxygen atoms in total. The van der Waals surface area contributed by atoms with Gasteiger partial charge in [0.25, 0.3) is 11.8 Å². The summed E-state index contributed by atoms with van der Waals surface area (Å²) >= 11 is 0. The Morgan fingerprint density at radius 2 is 1.53 bits per heavy atom. The Labute approximate surface area is 299 Å². The average molecular weight is 703 g/mol. The molecule has 0 spiro atoms. The fourth-order valence-electron chi connectivity index (χ4n) is 7.34. The molecule has 0 radical (unpaired) electrons. The average Bonchev–Trinajstić information content (AvgIpc) is 3.43. The number of phenolic OH excluding ortho intramolecular Hbond substituents is 1. The van der Waals surface area contributed by atoms with E-state index in [1.165, 1.54) is 9.87 Å². The number of hydrogen-bond acceptors (Lipinski definition) is 5. The van der Waals surface area contributed by atoms with Crippen molar-refractivity contribution >= 4 is 27.5 Å². The molecule has 10 heteroatoms. The smallest absolute Gasteiger partial charge is 0.259 e. The summed E-state index contributed by atoms with van der Waals surface area (Å²) < 4.78 is 30.7. The maximum atomic E-state index is 14.8. The molecular formula is C41H42N4O5S. The number of carbonyl (C=O) groups excluding carboxylic acids is 2. The second-order valence-corrected chi connectivity index (χ2v) is 15.7. The van der Waals surface area contributed by atoms with Crippen molar-refractivity contribution in [1.82, 2.24) is 13.8 Å². The molecule has 1 atom stereocenters. The van der Waals surface area contributed by atoms with Crippen LogP contribution in [-0.2, 0) is 48.8 Å². The van der Waals surface area contributed by atoms with Crippen molar-refractivity contribution in [3.05, 3.63) is 142 Å². The molecule has 2 amide bonds. The van der Waals surface area contributed by atoms with Gasteiger partial charge in [-0.3, -0.25) is 9.59 Å². The number of aromatic hydroxyl groups is 1. The molecule has 0 unspecified atom stereocenters. The third-order valence-corrected chi connectivity index (χ3v) is 12.3. The summed E-state index contributed by atoms with van der Waals surface area (Å²) in [6, 6.07) is 29.6. The lowest BCUT2D eigenvalue weighted by molar-refractivity contribution is 0.0658. The van der Waals surface area contributed by atoms with Gasteiger partial charge in [0.15, 0.2) is 0 Å². The minimum atomic E-state index is -3.61. The van der Waals surface area contributed by atoms with Crippen LogP contribution in [0.3, 0.4) is 0 Å². The van der Waals surface area contributed by atoms with Crippen molar-refractivity contribution in [2.24, 2.45) is 7.05 Å². The topological polar surface area (TPSA) is 103 Å². The first-order valence-corrected chi connectivity index (χ1v) is 18.8. The van der Waals surface area contributed by atoms with Gasteiger partial charge in [-0.25, -0.2) is 8.42 Å². The summed E-state index contributed by atoms with van der Waals surface area (Å²) in [6.45, 7) is 4.93. The van der Waals surface area contributed by atoms with E-state index < -0.39 is 10.0 Å². The number of nitrogens with zero attached hydrogens (tertiary/aromatic N) is 4. The minimum Gasteiger partial charge on any atom is -0.508 e. The van der Waals surface area contributed by atoms with E-state index in [4.69, 9.17) is 0 Å². The lowest BCUT2D eigenvalue weighted by atomic mass is 9.90. The molecule has 2 aliphatic rings. The van der Waals surface area contributed by atoms with Gasteiger partial charge in [0.05, 0.1) is 11.3 Å². The summed E-state index contributed by atoms with van der Waals surface area (Å²) in [5, 5.41) is 9.76. The van der Waals surface area contributed by atoms with Crippen LogP contribution in [-0.4, -0.2) is 58.7 Å². The minimum absolute atomic E-state index is 0.0507. The molecule has 0 aliphatic carbocycles. The molecule has 7 rings (SSSR count). The lowest BCUT2D eigenvalue weighted by Crippen LogP contribution is -2.43. The molecule has 5 aromatic rings. The van der Waals surface area contributed by atoms with Gasteiger partial charge in [0.2, 0.25) is 10.0 Å². The van der Waals surface area contributed by atoms with E-state index in [2.05, 4.69) is 19.1 Å². The summed E-state index contributed by atoms with van der Waals surface area (Å²) in [6.07, 6.45) is 1.23. The van der Waals surface area contributed by atoms with Gasteiger partial charge in [0, 0.05) is 68.0 Å². The number of fused-ring (bicyclic) bond motifs is 2. The van der Waals surface area contributed by atoms with E-state index in [0.29, 0.717) is 41.9 Å². The summed E-state index contributed by atoms with van der Waals surface area (Å²) in [4.78, 5) is 32.1. The molecule has 0 bridgehead atoms. The van der Waals surface area contributed by atoms with Crippen LogP contribution in [0.25, 0.3) is 11.3 Å². The van der Waals surface area contributed by atoms with Gasteiger partial charge in [-0.15, -0.1) is 0 Å². The Bertz CT molecular complexity index is 2250. The number of hydrogen-bond donors (Lipinski definition) is 1. The summed E-state index contributed by atoms with van der Waals surface area (Å²) in [7, 11) is -0.0189. The van der Waals surface area contributed by atoms with Crippen LogP contribution in [0.5, 0.6) is 5.75 Å². The van der Waals surface area contributed by atoms with Crippen molar-refractivity contribution < 1.29 is 23.1 Å². The number of phenols is 1. The first-order valence-electron chi connectivity index (χ1n) is 17.2. The first kappa shape index (κ1) is 34.3. The monoisotopic (exact) mass is 702 g/mol. The molecule has 3 heterocycles. The second-order valence-electron chi connectivity index (χ2n) is 13.7. The highest BCUT2D eigenvalue weighted by molar-refractivity contribution is 7.88. The third-order valence-electron chi connectivity index (χ3n) is 10.5. The SMILES string of the molecule is Cc1c(C(=O)N(C)c2ccc(O)cc2)cc(-c2cc3c(cc2C(=O)N2Cc4ccccc4C[C@H]2C)CN(S(=O)(=O)Cc2ccccc2)CC3)n1C. The van der Waals surface area contributed by atoms with E-state index in [-0.39, 0.29) is 35.9 Å². The zero-order valence-electron chi connectivity index (χ0n) is 29.3. The fourth-order valence-corrected chi connectivity index (χ4v) is 8.84. The van der Waals surface area contributed by atoms with E-state index in [9.17, 15) is 23.1 Å². The Kier molecular flexibility index (Phi) is 9.07. The van der Waals surface area contributed by atoms with Crippen LogP contribution in [0.4, 0.5) is 5.69 Å². The highest BCUT2D eigenvalue weighted by atomic mass is 32.2. The van der Waals surface area contributed by atoms with Gasteiger partial charge >= 0.3 is 0 Å². The van der Waals surface area contributed by atoms with Crippen molar-refractivity contribution in [3.8, 4) is 17.0 Å². The summed E-state index contributed by atoms with van der Waals surface area (Å²) in [5.41, 5.74) is 8.67. The standard InChI is InChI=1S/C41H42N4O5S/c1-27-20-30-12-8-9-13-32(30)25-45(27)41(48)38-22-33-24-44(51(49,50)26-29-10-6-5-7-11-29)19-18-31(33)21-37(38)39-23-36(28(2)42(39)3)40(47)43(4)34-14-16-35(46)17-15-34/h5-17,21-23,27,46H,18-20,24-26H2,1-4H3/t27-/m1/s1. The van der Waals surface area contributed by atoms with Gasteiger partial charge in [0.1, 0.15) is 5.75 Å². The van der Waals surface area contributed by atoms with Gasteiger partial charge in [-0.2, -0.15) is 4.31 Å². The number of anilines is 1. The van der Waals surface area contributed by atoms with Crippen molar-refractivity contribution in [2.45, 2.75) is 51.6 Å². The Balaban J connectivity index is 1.29. The Morgan fingerprint density at radius 1 is 0.843 bits per heavy atom. The van der Waals surface area contributed by atoms with Crippen molar-refractivity contribution in [2.75, 3.05) is 18.5 Å². The third kappa shape index (κ3) is 6.57. The van der Waals surface area contributed by atoms with Crippen LogP contribution in [0.15, 0.2) is 97.1 Å². The van der Waals surface area contributed by atoms with E-state index >= 15 is 0 Å². The van der Waals surface area contributed by atoms with Crippen LogP contribution in [0.1, 0.15) is 61.2 Å². The maximum absolute atomic E-state index is 14.8. The quantitative estimate of drug-likeness (QED) is 0.210. The Morgan fingerprint density at radius 3 is 2.25 bits per heavy atom. The Hall–Kier alpha value is -5.19. The number of rotatable bonds is 7. The van der Waals surface area contributed by atoms with E-state index in [1.807, 2.05) is 84.1 Å². The molecule has 0 fully saturated rings. The molecule has 51 heavy (non-hydrogen) atoms. The maximum Gasteiger partial charge on any atom is 0.259 e. The molecule has 262 valence electrons. The van der Waals surface area contributed by atoms with E-state index in [0.717, 1.165) is 40.1 Å². The van der Waals surface area contributed by atoms with E-state index in [1.54, 1.807) is 36.2 Å². The molecule has 1 N–H and O–H groups in total. The largest absolute Gasteiger partial charge is 0.508 e. The number of carbonyl (C=O) groups is 2. The number of amides is 2. The predicted octanol–water partition coefficient (Wildman–Crippen LogP) is 6.46. The second kappa shape index (κ2) is 13.5. The number of aromatic nitrogens is 1. The number of sulfonamides is 1. The molecule has 1 aromatic heterocycles. The van der Waals surface area contributed by atoms with Crippen LogP contribution >= 0.6 is 0 Å². The molecular weight excluding hydrogens is 661 g/mol. The highest BCUT2D eigenvalue weighted by Crippen LogP contribution is 2.36. The van der Waals surface area contributed by atoms with Gasteiger partial charge in [-0.05, 0) is 97.0 Å². The van der Waals surface area contributed by atoms with Gasteiger partial charge in [-0.1, -0.05) is 54.6 Å². The highest BCUT2D eigenvalue weighted by Gasteiger charge is 2.33. The van der Waals surface area contributed by atoms with Gasteiger partial charge < -0.3 is 19.5 Å². The number of benzene rings is 4. The van der Waals surface area contributed by atoms with Crippen LogP contribution < -0.4 is 4.90 Å². The predicted molar refractivity (Wildman–Crippen MR) is 199 cm³/mol. The van der Waals surface area contributed by atoms with Crippen LogP contribution in [0.2, 0.25) is 0 Å². The van der Waals surface area contributed by atoms with Crippen LogP contribution in [0, 0.1) is 6.92 Å². The fraction of sp³-hybridized carbons (Fsp3) is 0.268. The molecule has 2 aliphatic heterocycles.